The number of nitrogens with one attached hydrogen (secondary N) is 1. The Morgan fingerprint density at radius 1 is 1.18 bits per heavy atom. The predicted molar refractivity (Wildman–Crippen MR) is 108 cm³/mol. The van der Waals surface area contributed by atoms with Crippen molar-refractivity contribution in [3.8, 4) is 0 Å². The number of anilines is 1. The molecule has 0 unspecified atom stereocenters. The van der Waals surface area contributed by atoms with Gasteiger partial charge in [-0.25, -0.2) is 0 Å². The number of hydrogen-bond donors (Lipinski definition) is 2. The van der Waals surface area contributed by atoms with Gasteiger partial charge < -0.3 is 15.6 Å². The highest BCUT2D eigenvalue weighted by Crippen LogP contribution is 2.19. The number of carbonyl (C=O) groups is 3. The van der Waals surface area contributed by atoms with Crippen molar-refractivity contribution in [2.75, 3.05) is 11.1 Å². The van der Waals surface area contributed by atoms with Crippen LogP contribution in [0.15, 0.2) is 29.4 Å². The van der Waals surface area contributed by atoms with Crippen molar-refractivity contribution in [1.82, 2.24) is 14.8 Å². The topological polar surface area (TPSA) is 120 Å². The summed E-state index contributed by atoms with van der Waals surface area (Å²) in [7, 11) is 1.79. The Kier molecular flexibility index (Phi) is 7.74. The molecule has 2 rings (SSSR count). The van der Waals surface area contributed by atoms with Crippen molar-refractivity contribution in [2.45, 2.75) is 38.3 Å². The van der Waals surface area contributed by atoms with Gasteiger partial charge in [0.2, 0.25) is 11.8 Å². The zero-order valence-corrected chi connectivity index (χ0v) is 17.1. The Hall–Kier alpha value is -2.68. The summed E-state index contributed by atoms with van der Waals surface area (Å²) in [5.41, 5.74) is 6.38. The largest absolute Gasteiger partial charge is 0.370 e. The summed E-state index contributed by atoms with van der Waals surface area (Å²) in [6.07, 6.45) is 1.07. The third-order valence-electron chi connectivity index (χ3n) is 3.94. The van der Waals surface area contributed by atoms with Gasteiger partial charge in [0.15, 0.2) is 10.9 Å². The number of aromatic nitrogens is 3. The first-order valence-electron chi connectivity index (χ1n) is 8.98. The maximum Gasteiger partial charge on any atom is 0.224 e. The number of ketones is 1. The first kappa shape index (κ1) is 21.6. The van der Waals surface area contributed by atoms with E-state index in [0.717, 1.165) is 0 Å². The molecule has 2 amide bonds. The molecule has 1 heterocycles. The summed E-state index contributed by atoms with van der Waals surface area (Å²) in [4.78, 5) is 35.1. The minimum atomic E-state index is -0.392. The van der Waals surface area contributed by atoms with E-state index in [4.69, 9.17) is 5.73 Å². The summed E-state index contributed by atoms with van der Waals surface area (Å²) in [6, 6.07) is 6.84. The smallest absolute Gasteiger partial charge is 0.224 e. The fraction of sp³-hybridized carbons (Fsp3) is 0.421. The van der Waals surface area contributed by atoms with Crippen LogP contribution in [-0.4, -0.2) is 38.1 Å². The molecule has 1 aromatic carbocycles. The van der Waals surface area contributed by atoms with E-state index in [2.05, 4.69) is 15.5 Å². The van der Waals surface area contributed by atoms with Crippen LogP contribution in [0, 0.1) is 5.92 Å². The highest BCUT2D eigenvalue weighted by Gasteiger charge is 2.13. The quantitative estimate of drug-likeness (QED) is 0.463. The molecule has 0 bridgehead atoms. The molecule has 8 nitrogen and oxygen atoms in total. The molecule has 2 aromatic rings. The van der Waals surface area contributed by atoms with Gasteiger partial charge in [0.1, 0.15) is 5.82 Å². The predicted octanol–water partition coefficient (Wildman–Crippen LogP) is 2.19. The SMILES string of the molecule is CC(C)CC(=O)Nc1ccc(C(=O)CSc2nnc(CCC(N)=O)n2C)cc1. The summed E-state index contributed by atoms with van der Waals surface area (Å²) in [5, 5.41) is 11.5. The number of nitrogens with two attached hydrogens (primary N) is 1. The van der Waals surface area contributed by atoms with E-state index in [9.17, 15) is 14.4 Å². The van der Waals surface area contributed by atoms with Gasteiger partial charge in [-0.1, -0.05) is 25.6 Å². The molecule has 150 valence electrons. The van der Waals surface area contributed by atoms with E-state index in [1.54, 1.807) is 35.9 Å². The molecule has 9 heteroatoms. The highest BCUT2D eigenvalue weighted by atomic mass is 32.2. The van der Waals surface area contributed by atoms with E-state index < -0.39 is 5.91 Å². The lowest BCUT2D eigenvalue weighted by molar-refractivity contribution is -0.118. The van der Waals surface area contributed by atoms with E-state index in [1.165, 1.54) is 11.8 Å². The second-order valence-electron chi connectivity index (χ2n) is 6.86. The Morgan fingerprint density at radius 2 is 1.86 bits per heavy atom. The Labute approximate surface area is 168 Å². The second-order valence-corrected chi connectivity index (χ2v) is 7.80. The van der Waals surface area contributed by atoms with Crippen LogP contribution in [0.2, 0.25) is 0 Å². The lowest BCUT2D eigenvalue weighted by Crippen LogP contribution is -2.14. The number of carbonyl (C=O) groups excluding carboxylic acids is 3. The standard InChI is InChI=1S/C19H25N5O3S/c1-12(2)10-18(27)21-14-6-4-13(5-7-14)15(25)11-28-19-23-22-17(24(19)3)9-8-16(20)26/h4-7,12H,8-11H2,1-3H3,(H2,20,26)(H,21,27). The Balaban J connectivity index is 1.89. The lowest BCUT2D eigenvalue weighted by atomic mass is 10.1. The first-order chi connectivity index (χ1) is 13.3. The van der Waals surface area contributed by atoms with Gasteiger partial charge in [-0.15, -0.1) is 10.2 Å². The summed E-state index contributed by atoms with van der Waals surface area (Å²) in [6.45, 7) is 3.97. The van der Waals surface area contributed by atoms with Crippen LogP contribution >= 0.6 is 11.8 Å². The summed E-state index contributed by atoms with van der Waals surface area (Å²) < 4.78 is 1.76. The van der Waals surface area contributed by atoms with E-state index >= 15 is 0 Å². The Bertz CT molecular complexity index is 846. The Morgan fingerprint density at radius 3 is 2.46 bits per heavy atom. The van der Waals surface area contributed by atoms with Crippen molar-refractivity contribution in [1.29, 1.82) is 0 Å². The molecule has 28 heavy (non-hydrogen) atoms. The molecule has 0 fully saturated rings. The summed E-state index contributed by atoms with van der Waals surface area (Å²) >= 11 is 1.28. The van der Waals surface area contributed by atoms with Gasteiger partial charge in [-0.2, -0.15) is 0 Å². The van der Waals surface area contributed by atoms with Crippen molar-refractivity contribution >= 4 is 35.0 Å². The molecule has 0 atom stereocenters. The lowest BCUT2D eigenvalue weighted by Gasteiger charge is -2.08. The highest BCUT2D eigenvalue weighted by molar-refractivity contribution is 7.99. The average Bonchev–Trinajstić information content (AvgIpc) is 2.97. The molecule has 0 saturated carbocycles. The van der Waals surface area contributed by atoms with Crippen molar-refractivity contribution in [3.63, 3.8) is 0 Å². The molecule has 0 spiro atoms. The normalized spacial score (nSPS) is 10.9. The monoisotopic (exact) mass is 403 g/mol. The number of aryl methyl sites for hydroxylation is 1. The van der Waals surface area contributed by atoms with Crippen LogP contribution in [0.4, 0.5) is 5.69 Å². The second kappa shape index (κ2) is 10.0. The van der Waals surface area contributed by atoms with Gasteiger partial charge in [-0.3, -0.25) is 14.4 Å². The van der Waals surface area contributed by atoms with E-state index in [1.807, 2.05) is 13.8 Å². The number of Topliss-reactive ketones (excluding diaryl/α,β-unsaturated/α-hetero) is 1. The number of primary amides is 1. The van der Waals surface area contributed by atoms with Crippen molar-refractivity contribution < 1.29 is 14.4 Å². The first-order valence-corrected chi connectivity index (χ1v) is 9.97. The van der Waals surface area contributed by atoms with Crippen LogP contribution in [0.5, 0.6) is 0 Å². The van der Waals surface area contributed by atoms with Crippen LogP contribution in [0.3, 0.4) is 0 Å². The van der Waals surface area contributed by atoms with Gasteiger partial charge >= 0.3 is 0 Å². The fourth-order valence-electron chi connectivity index (χ4n) is 2.46. The number of thioether (sulfide) groups is 1. The van der Waals surface area contributed by atoms with E-state index in [-0.39, 0.29) is 29.8 Å². The molecule has 0 aliphatic carbocycles. The van der Waals surface area contributed by atoms with Crippen LogP contribution in [0.25, 0.3) is 0 Å². The molecule has 3 N–H and O–H groups in total. The fourth-order valence-corrected chi connectivity index (χ4v) is 3.28. The van der Waals surface area contributed by atoms with Gasteiger partial charge in [0.25, 0.3) is 0 Å². The molecule has 0 saturated heterocycles. The van der Waals surface area contributed by atoms with Crippen molar-refractivity contribution in [2.24, 2.45) is 18.7 Å². The minimum Gasteiger partial charge on any atom is -0.370 e. The maximum atomic E-state index is 12.4. The third kappa shape index (κ3) is 6.49. The van der Waals surface area contributed by atoms with Crippen LogP contribution in [-0.2, 0) is 23.1 Å². The number of benzene rings is 1. The van der Waals surface area contributed by atoms with Gasteiger partial charge in [0, 0.05) is 37.6 Å². The van der Waals surface area contributed by atoms with Gasteiger partial charge in [0.05, 0.1) is 5.75 Å². The van der Waals surface area contributed by atoms with Crippen LogP contribution in [0.1, 0.15) is 42.9 Å². The van der Waals surface area contributed by atoms with Gasteiger partial charge in [-0.05, 0) is 30.2 Å². The number of hydrogen-bond acceptors (Lipinski definition) is 6. The third-order valence-corrected chi connectivity index (χ3v) is 4.96. The zero-order chi connectivity index (χ0) is 20.7. The number of nitrogens with zero attached hydrogens (tertiary/aromatic N) is 3. The maximum absolute atomic E-state index is 12.4. The molecule has 0 aliphatic heterocycles. The number of rotatable bonds is 10. The molecule has 0 radical (unpaired) electrons. The molecular formula is C19H25N5O3S. The molecular weight excluding hydrogens is 378 g/mol. The number of amides is 2. The molecule has 1 aromatic heterocycles. The summed E-state index contributed by atoms with van der Waals surface area (Å²) in [5.74, 6) is 0.660. The average molecular weight is 404 g/mol. The zero-order valence-electron chi connectivity index (χ0n) is 16.3. The molecule has 0 aliphatic rings. The minimum absolute atomic E-state index is 0.0425. The van der Waals surface area contributed by atoms with Crippen LogP contribution < -0.4 is 11.1 Å². The van der Waals surface area contributed by atoms with E-state index in [0.29, 0.717) is 35.1 Å². The van der Waals surface area contributed by atoms with Crippen molar-refractivity contribution in [3.05, 3.63) is 35.7 Å².